The summed E-state index contributed by atoms with van der Waals surface area (Å²) in [5, 5.41) is 9.02. The molecule has 1 fully saturated rings. The highest BCUT2D eigenvalue weighted by molar-refractivity contribution is 5.91. The smallest absolute Gasteiger partial charge is 0.241 e. The van der Waals surface area contributed by atoms with Crippen LogP contribution >= 0.6 is 0 Å². The van der Waals surface area contributed by atoms with Crippen molar-refractivity contribution in [3.63, 3.8) is 0 Å². The molecule has 4 aromatic rings. The molecule has 1 N–H and O–H groups in total. The van der Waals surface area contributed by atoms with Gasteiger partial charge in [-0.1, -0.05) is 6.07 Å². The number of anilines is 1. The van der Waals surface area contributed by atoms with Gasteiger partial charge in [-0.15, -0.1) is 5.10 Å². The van der Waals surface area contributed by atoms with E-state index >= 15 is 0 Å². The minimum absolute atomic E-state index is 0.379. The number of nitrogens with one attached hydrogen (secondary N) is 1. The average molecular weight is 404 g/mol. The maximum absolute atomic E-state index is 5.45. The number of benzene rings is 1. The zero-order valence-electron chi connectivity index (χ0n) is 17.1. The van der Waals surface area contributed by atoms with Crippen molar-refractivity contribution in [2.24, 2.45) is 0 Å². The molecule has 5 rings (SSSR count). The number of rotatable bonds is 5. The number of fused-ring (bicyclic) bond motifs is 2. The van der Waals surface area contributed by atoms with Crippen molar-refractivity contribution in [2.45, 2.75) is 37.8 Å². The summed E-state index contributed by atoms with van der Waals surface area (Å²) in [7, 11) is 3.41. The monoisotopic (exact) mass is 404 g/mol. The molecule has 0 spiro atoms. The number of nitrogens with zero attached hydrogens (tertiary/aromatic N) is 5. The molecule has 3 aromatic heterocycles. The van der Waals surface area contributed by atoms with E-state index in [9.17, 15) is 0 Å². The van der Waals surface area contributed by atoms with Gasteiger partial charge in [0, 0.05) is 24.9 Å². The lowest BCUT2D eigenvalue weighted by atomic mass is 9.93. The molecule has 1 aromatic carbocycles. The van der Waals surface area contributed by atoms with Crippen LogP contribution in [-0.4, -0.2) is 50.9 Å². The number of aromatic nitrogens is 5. The normalized spacial score (nSPS) is 19.3. The molecule has 0 atom stereocenters. The van der Waals surface area contributed by atoms with E-state index in [1.165, 1.54) is 6.33 Å². The second-order valence-electron chi connectivity index (χ2n) is 7.61. The van der Waals surface area contributed by atoms with Gasteiger partial charge in [-0.2, -0.15) is 0 Å². The molecule has 8 nitrogen and oxygen atoms in total. The van der Waals surface area contributed by atoms with Crippen LogP contribution in [0.1, 0.15) is 25.7 Å². The minimum atomic E-state index is 0.379. The molecule has 1 saturated carbocycles. The van der Waals surface area contributed by atoms with Crippen LogP contribution < -0.4 is 10.1 Å². The first-order chi connectivity index (χ1) is 14.7. The van der Waals surface area contributed by atoms with E-state index in [0.717, 1.165) is 53.2 Å². The van der Waals surface area contributed by atoms with Gasteiger partial charge in [0.15, 0.2) is 0 Å². The van der Waals surface area contributed by atoms with Crippen molar-refractivity contribution >= 4 is 22.4 Å². The van der Waals surface area contributed by atoms with Crippen LogP contribution in [0.3, 0.4) is 0 Å². The summed E-state index contributed by atoms with van der Waals surface area (Å²) in [6, 6.07) is 8.51. The molecular weight excluding hydrogens is 380 g/mol. The fourth-order valence-electron chi connectivity index (χ4n) is 4.20. The maximum atomic E-state index is 5.45. The lowest BCUT2D eigenvalue weighted by Gasteiger charge is -2.28. The Morgan fingerprint density at radius 3 is 2.70 bits per heavy atom. The molecule has 8 heteroatoms. The Morgan fingerprint density at radius 2 is 1.90 bits per heavy atom. The number of hydrogen-bond donors (Lipinski definition) is 1. The summed E-state index contributed by atoms with van der Waals surface area (Å²) in [5.41, 5.74) is 3.88. The van der Waals surface area contributed by atoms with E-state index in [2.05, 4.69) is 31.4 Å². The van der Waals surface area contributed by atoms with Crippen LogP contribution in [0.2, 0.25) is 0 Å². The van der Waals surface area contributed by atoms with Gasteiger partial charge in [0.2, 0.25) is 11.8 Å². The highest BCUT2D eigenvalue weighted by Gasteiger charge is 2.21. The van der Waals surface area contributed by atoms with Gasteiger partial charge in [0.05, 0.1) is 35.8 Å². The molecule has 3 heterocycles. The summed E-state index contributed by atoms with van der Waals surface area (Å²) in [6.45, 7) is 0. The Morgan fingerprint density at radius 1 is 1.03 bits per heavy atom. The molecule has 0 radical (unpaired) electrons. The summed E-state index contributed by atoms with van der Waals surface area (Å²) >= 11 is 0. The van der Waals surface area contributed by atoms with Gasteiger partial charge in [0.25, 0.3) is 0 Å². The third-order valence-corrected chi connectivity index (χ3v) is 5.86. The topological polar surface area (TPSA) is 86.5 Å². The second-order valence-corrected chi connectivity index (χ2v) is 7.61. The Bertz CT molecular complexity index is 1180. The third-order valence-electron chi connectivity index (χ3n) is 5.86. The highest BCUT2D eigenvalue weighted by atomic mass is 16.5. The largest absolute Gasteiger partial charge is 0.480 e. The first-order valence-electron chi connectivity index (χ1n) is 10.2. The van der Waals surface area contributed by atoms with Crippen molar-refractivity contribution in [1.29, 1.82) is 0 Å². The first kappa shape index (κ1) is 18.7. The van der Waals surface area contributed by atoms with Crippen molar-refractivity contribution in [2.75, 3.05) is 19.5 Å². The molecule has 0 bridgehead atoms. The molecule has 0 saturated heterocycles. The SMILES string of the molecule is COc1ncnc2ccc(-c3ccn4nc(N[C@H]5CC[C@H](OC)CC5)ncc34)cc12. The summed E-state index contributed by atoms with van der Waals surface area (Å²) in [6.07, 6.45) is 9.99. The van der Waals surface area contributed by atoms with Crippen molar-refractivity contribution in [1.82, 2.24) is 24.6 Å². The lowest BCUT2D eigenvalue weighted by molar-refractivity contribution is 0.0681. The number of methoxy groups -OCH3 is 2. The average Bonchev–Trinajstić information content (AvgIpc) is 3.22. The fourth-order valence-corrected chi connectivity index (χ4v) is 4.20. The molecule has 0 amide bonds. The number of hydrogen-bond acceptors (Lipinski definition) is 7. The maximum Gasteiger partial charge on any atom is 0.241 e. The van der Waals surface area contributed by atoms with Gasteiger partial charge in [-0.3, -0.25) is 0 Å². The zero-order valence-corrected chi connectivity index (χ0v) is 17.1. The molecule has 0 aliphatic heterocycles. The standard InChI is InChI=1S/C22H24N6O2/c1-29-16-6-4-15(5-7-16)26-22-23-12-20-17(9-10-28(20)27-22)14-3-8-19-18(11-14)21(30-2)25-13-24-19/h3,8-13,15-16H,4-7H2,1-2H3,(H,26,27)/t15-,16-. The van der Waals surface area contributed by atoms with Crippen LogP contribution in [0.4, 0.5) is 5.95 Å². The van der Waals surface area contributed by atoms with Gasteiger partial charge in [0.1, 0.15) is 6.33 Å². The van der Waals surface area contributed by atoms with Crippen molar-refractivity contribution < 1.29 is 9.47 Å². The van der Waals surface area contributed by atoms with E-state index in [1.54, 1.807) is 14.2 Å². The van der Waals surface area contributed by atoms with E-state index in [1.807, 2.05) is 35.1 Å². The Hall–Kier alpha value is -3.26. The van der Waals surface area contributed by atoms with Crippen LogP contribution in [0.15, 0.2) is 43.0 Å². The van der Waals surface area contributed by atoms with E-state index in [-0.39, 0.29) is 0 Å². The molecule has 154 valence electrons. The Labute approximate surface area is 174 Å². The quantitative estimate of drug-likeness (QED) is 0.542. The van der Waals surface area contributed by atoms with E-state index in [4.69, 9.17) is 9.47 Å². The summed E-state index contributed by atoms with van der Waals surface area (Å²) in [5.74, 6) is 1.22. The van der Waals surface area contributed by atoms with Crippen LogP contribution in [0.25, 0.3) is 27.5 Å². The predicted molar refractivity (Wildman–Crippen MR) is 115 cm³/mol. The molecular formula is C22H24N6O2. The Balaban J connectivity index is 1.42. The van der Waals surface area contributed by atoms with Crippen molar-refractivity contribution in [3.05, 3.63) is 43.0 Å². The summed E-state index contributed by atoms with van der Waals surface area (Å²) < 4.78 is 12.7. The van der Waals surface area contributed by atoms with E-state index in [0.29, 0.717) is 24.0 Å². The molecule has 30 heavy (non-hydrogen) atoms. The van der Waals surface area contributed by atoms with Crippen molar-refractivity contribution in [3.8, 4) is 17.0 Å². The highest BCUT2D eigenvalue weighted by Crippen LogP contribution is 2.31. The molecule has 1 aliphatic rings. The third kappa shape index (κ3) is 3.43. The van der Waals surface area contributed by atoms with Crippen LogP contribution in [0, 0.1) is 0 Å². The summed E-state index contributed by atoms with van der Waals surface area (Å²) in [4.78, 5) is 13.1. The van der Waals surface area contributed by atoms with Gasteiger partial charge in [-0.25, -0.2) is 19.5 Å². The van der Waals surface area contributed by atoms with Gasteiger partial charge < -0.3 is 14.8 Å². The minimum Gasteiger partial charge on any atom is -0.480 e. The lowest BCUT2D eigenvalue weighted by Crippen LogP contribution is -2.30. The predicted octanol–water partition coefficient (Wildman–Crippen LogP) is 3.72. The first-order valence-corrected chi connectivity index (χ1v) is 10.2. The van der Waals surface area contributed by atoms with Crippen LogP contribution in [0.5, 0.6) is 5.88 Å². The zero-order chi connectivity index (χ0) is 20.5. The fraction of sp³-hybridized carbons (Fsp3) is 0.364. The molecule has 0 unspecified atom stereocenters. The number of ether oxygens (including phenoxy) is 2. The second kappa shape index (κ2) is 7.87. The van der Waals surface area contributed by atoms with Gasteiger partial charge in [-0.05, 0) is 49.4 Å². The van der Waals surface area contributed by atoms with Gasteiger partial charge >= 0.3 is 0 Å². The van der Waals surface area contributed by atoms with Crippen LogP contribution in [-0.2, 0) is 4.74 Å². The van der Waals surface area contributed by atoms with E-state index < -0.39 is 0 Å². The molecule has 1 aliphatic carbocycles. The Kier molecular flexibility index (Phi) is 4.92.